The molecule has 0 spiro atoms. The predicted octanol–water partition coefficient (Wildman–Crippen LogP) is 0.728. The first-order valence-electron chi connectivity index (χ1n) is 5.92. The van der Waals surface area contributed by atoms with Crippen molar-refractivity contribution in [3.05, 3.63) is 23.8 Å². The van der Waals surface area contributed by atoms with Crippen LogP contribution in [0.25, 0.3) is 0 Å². The Morgan fingerprint density at radius 2 is 2.17 bits per heavy atom. The molecule has 1 atom stereocenters. The molecule has 7 heteroatoms. The SMILES string of the molecule is Cc1ccnc([C@@H]2CCCN2S(=O)(=O)N(C)C)n1. The van der Waals surface area contributed by atoms with E-state index < -0.39 is 10.2 Å². The number of hydrogen-bond donors (Lipinski definition) is 0. The van der Waals surface area contributed by atoms with Gasteiger partial charge in [-0.1, -0.05) is 0 Å². The third kappa shape index (κ3) is 2.38. The highest BCUT2D eigenvalue weighted by atomic mass is 32.2. The molecule has 1 aliphatic rings. The summed E-state index contributed by atoms with van der Waals surface area (Å²) < 4.78 is 27.1. The Morgan fingerprint density at radius 3 is 2.78 bits per heavy atom. The number of rotatable bonds is 3. The fraction of sp³-hybridized carbons (Fsp3) is 0.636. The third-order valence-electron chi connectivity index (χ3n) is 3.07. The highest BCUT2D eigenvalue weighted by molar-refractivity contribution is 7.86. The fourth-order valence-corrected chi connectivity index (χ4v) is 3.41. The van der Waals surface area contributed by atoms with Crippen molar-refractivity contribution in [2.24, 2.45) is 0 Å². The lowest BCUT2D eigenvalue weighted by atomic mass is 10.2. The molecule has 2 rings (SSSR count). The van der Waals surface area contributed by atoms with Gasteiger partial charge in [-0.05, 0) is 25.8 Å². The first-order valence-corrected chi connectivity index (χ1v) is 7.31. The molecule has 1 aromatic heterocycles. The molecule has 1 aromatic rings. The Morgan fingerprint density at radius 1 is 1.44 bits per heavy atom. The maximum atomic E-state index is 12.2. The van der Waals surface area contributed by atoms with Crippen LogP contribution in [-0.2, 0) is 10.2 Å². The first-order chi connectivity index (χ1) is 8.43. The van der Waals surface area contributed by atoms with E-state index in [1.54, 1.807) is 20.3 Å². The zero-order valence-electron chi connectivity index (χ0n) is 10.9. The average Bonchev–Trinajstić information content (AvgIpc) is 2.78. The quantitative estimate of drug-likeness (QED) is 0.812. The number of aromatic nitrogens is 2. The van der Waals surface area contributed by atoms with Crippen LogP contribution in [0.1, 0.15) is 30.4 Å². The Balaban J connectivity index is 2.34. The van der Waals surface area contributed by atoms with Crippen molar-refractivity contribution in [3.8, 4) is 0 Å². The lowest BCUT2D eigenvalue weighted by Crippen LogP contribution is -2.40. The molecule has 0 unspecified atom stereocenters. The van der Waals surface area contributed by atoms with Gasteiger partial charge in [0, 0.05) is 32.5 Å². The molecular weight excluding hydrogens is 252 g/mol. The minimum atomic E-state index is -3.40. The summed E-state index contributed by atoms with van der Waals surface area (Å²) in [6.07, 6.45) is 3.29. The highest BCUT2D eigenvalue weighted by Crippen LogP contribution is 2.32. The van der Waals surface area contributed by atoms with Gasteiger partial charge in [-0.3, -0.25) is 0 Å². The van der Waals surface area contributed by atoms with Crippen molar-refractivity contribution in [1.29, 1.82) is 0 Å². The van der Waals surface area contributed by atoms with Crippen LogP contribution in [0.4, 0.5) is 0 Å². The zero-order chi connectivity index (χ0) is 13.3. The number of nitrogens with zero attached hydrogens (tertiary/aromatic N) is 4. The van der Waals surface area contributed by atoms with Gasteiger partial charge >= 0.3 is 0 Å². The first kappa shape index (κ1) is 13.4. The van der Waals surface area contributed by atoms with Gasteiger partial charge in [0.15, 0.2) is 0 Å². The van der Waals surface area contributed by atoms with Crippen molar-refractivity contribution in [2.45, 2.75) is 25.8 Å². The fourth-order valence-electron chi connectivity index (χ4n) is 2.11. The Bertz CT molecular complexity index is 530. The summed E-state index contributed by atoms with van der Waals surface area (Å²) in [6, 6.07) is 1.57. The van der Waals surface area contributed by atoms with Crippen molar-refractivity contribution >= 4 is 10.2 Å². The summed E-state index contributed by atoms with van der Waals surface area (Å²) in [6.45, 7) is 2.41. The van der Waals surface area contributed by atoms with Crippen molar-refractivity contribution in [2.75, 3.05) is 20.6 Å². The summed E-state index contributed by atoms with van der Waals surface area (Å²) in [7, 11) is -0.313. The molecule has 0 amide bonds. The molecule has 0 saturated carbocycles. The van der Waals surface area contributed by atoms with Crippen molar-refractivity contribution in [1.82, 2.24) is 18.6 Å². The van der Waals surface area contributed by atoms with Gasteiger partial charge in [0.1, 0.15) is 5.82 Å². The average molecular weight is 270 g/mol. The Labute approximate surface area is 108 Å². The molecule has 0 aliphatic carbocycles. The van der Waals surface area contributed by atoms with Crippen LogP contribution in [0, 0.1) is 6.92 Å². The standard InChI is InChI=1S/C11H18N4O2S/c1-9-6-7-12-11(13-9)10-5-4-8-15(10)18(16,17)14(2)3/h6-7,10H,4-5,8H2,1-3H3/t10-/m0/s1. The summed E-state index contributed by atoms with van der Waals surface area (Å²) in [5.74, 6) is 0.595. The lowest BCUT2D eigenvalue weighted by molar-refractivity contribution is 0.352. The summed E-state index contributed by atoms with van der Waals surface area (Å²) in [5, 5.41) is 0. The summed E-state index contributed by atoms with van der Waals surface area (Å²) >= 11 is 0. The van der Waals surface area contributed by atoms with Crippen LogP contribution in [0.5, 0.6) is 0 Å². The van der Waals surface area contributed by atoms with Crippen LogP contribution >= 0.6 is 0 Å². The van der Waals surface area contributed by atoms with E-state index in [4.69, 9.17) is 0 Å². The number of hydrogen-bond acceptors (Lipinski definition) is 4. The van der Waals surface area contributed by atoms with Crippen LogP contribution in [0.15, 0.2) is 12.3 Å². The normalized spacial score (nSPS) is 21.7. The molecule has 0 bridgehead atoms. The monoisotopic (exact) mass is 270 g/mol. The molecular formula is C11H18N4O2S. The minimum Gasteiger partial charge on any atom is -0.240 e. The van der Waals surface area contributed by atoms with E-state index in [-0.39, 0.29) is 6.04 Å². The summed E-state index contributed by atoms with van der Waals surface area (Å²) in [5.41, 5.74) is 0.856. The van der Waals surface area contributed by atoms with Gasteiger partial charge in [0.2, 0.25) is 0 Å². The van der Waals surface area contributed by atoms with Crippen LogP contribution in [0.2, 0.25) is 0 Å². The van der Waals surface area contributed by atoms with Gasteiger partial charge < -0.3 is 0 Å². The van der Waals surface area contributed by atoms with Crippen LogP contribution in [0.3, 0.4) is 0 Å². The zero-order valence-corrected chi connectivity index (χ0v) is 11.7. The van der Waals surface area contributed by atoms with Gasteiger partial charge in [-0.15, -0.1) is 0 Å². The molecule has 6 nitrogen and oxygen atoms in total. The Hall–Kier alpha value is -1.05. The predicted molar refractivity (Wildman–Crippen MR) is 68.1 cm³/mol. The van der Waals surface area contributed by atoms with E-state index in [1.165, 1.54) is 8.61 Å². The van der Waals surface area contributed by atoms with E-state index in [0.29, 0.717) is 12.4 Å². The van der Waals surface area contributed by atoms with Crippen LogP contribution in [-0.4, -0.2) is 47.6 Å². The molecule has 1 aliphatic heterocycles. The van der Waals surface area contributed by atoms with Crippen molar-refractivity contribution in [3.63, 3.8) is 0 Å². The van der Waals surface area contributed by atoms with Gasteiger partial charge in [-0.25, -0.2) is 9.97 Å². The third-order valence-corrected chi connectivity index (χ3v) is 5.03. The minimum absolute atomic E-state index is 0.239. The molecule has 0 aromatic carbocycles. The summed E-state index contributed by atoms with van der Waals surface area (Å²) in [4.78, 5) is 8.55. The number of aryl methyl sites for hydroxylation is 1. The van der Waals surface area contributed by atoms with E-state index in [9.17, 15) is 8.42 Å². The topological polar surface area (TPSA) is 66.4 Å². The van der Waals surface area contributed by atoms with Gasteiger partial charge in [0.05, 0.1) is 6.04 Å². The van der Waals surface area contributed by atoms with Gasteiger partial charge in [0.25, 0.3) is 10.2 Å². The van der Waals surface area contributed by atoms with Crippen molar-refractivity contribution < 1.29 is 8.42 Å². The van der Waals surface area contributed by atoms with E-state index in [2.05, 4.69) is 9.97 Å². The molecule has 100 valence electrons. The lowest BCUT2D eigenvalue weighted by Gasteiger charge is -2.26. The second-order valence-corrected chi connectivity index (χ2v) is 6.71. The van der Waals surface area contributed by atoms with Crippen LogP contribution < -0.4 is 0 Å². The maximum Gasteiger partial charge on any atom is 0.282 e. The molecule has 0 radical (unpaired) electrons. The molecule has 2 heterocycles. The second-order valence-electron chi connectivity index (χ2n) is 4.62. The maximum absolute atomic E-state index is 12.2. The molecule has 18 heavy (non-hydrogen) atoms. The van der Waals surface area contributed by atoms with E-state index in [1.807, 2.05) is 13.0 Å². The van der Waals surface area contributed by atoms with E-state index in [0.717, 1.165) is 18.5 Å². The molecule has 1 saturated heterocycles. The second kappa shape index (κ2) is 4.91. The highest BCUT2D eigenvalue weighted by Gasteiger charge is 2.37. The molecule has 0 N–H and O–H groups in total. The van der Waals surface area contributed by atoms with E-state index >= 15 is 0 Å². The smallest absolute Gasteiger partial charge is 0.240 e. The largest absolute Gasteiger partial charge is 0.282 e. The van der Waals surface area contributed by atoms with Gasteiger partial charge in [-0.2, -0.15) is 17.0 Å². The molecule has 1 fully saturated rings. The Kier molecular flexibility index (Phi) is 3.65.